The molecule has 27 heavy (non-hydrogen) atoms. The van der Waals surface area contributed by atoms with E-state index in [9.17, 15) is 21.6 Å². The molecule has 0 amide bonds. The van der Waals surface area contributed by atoms with Gasteiger partial charge in [-0.15, -0.1) is 35.3 Å². The van der Waals surface area contributed by atoms with Crippen molar-refractivity contribution in [2.75, 3.05) is 13.3 Å². The summed E-state index contributed by atoms with van der Waals surface area (Å²) >= 11 is 0.914. The van der Waals surface area contributed by atoms with E-state index in [1.54, 1.807) is 12.1 Å². The van der Waals surface area contributed by atoms with Gasteiger partial charge in [-0.05, 0) is 17.7 Å². The fraction of sp³-hybridized carbons (Fsp3) is 0.333. The predicted octanol–water partition coefficient (Wildman–Crippen LogP) is 3.05. The van der Waals surface area contributed by atoms with E-state index in [2.05, 4.69) is 20.6 Å². The number of aromatic nitrogens is 1. The molecule has 1 aromatic heterocycles. The third-order valence-electron chi connectivity index (χ3n) is 3.28. The molecular formula is C15H18F3IN4O2S2. The standard InChI is InChI=1S/C15H17F3N4O2S2.HI/c1-19-14(21-8-13-22-12(9-25-13)15(16,17)18)20-7-10-3-5-11(6-4-10)26(2,23)24;/h3-6,9H,7-8H2,1-2H3,(H2,19,20,21);1H. The summed E-state index contributed by atoms with van der Waals surface area (Å²) < 4.78 is 60.4. The smallest absolute Gasteiger partial charge is 0.352 e. The van der Waals surface area contributed by atoms with Crippen LogP contribution in [-0.2, 0) is 29.1 Å². The van der Waals surface area contributed by atoms with Gasteiger partial charge in [0.15, 0.2) is 21.5 Å². The Hall–Kier alpha value is -1.41. The van der Waals surface area contributed by atoms with Gasteiger partial charge in [-0.1, -0.05) is 12.1 Å². The fourth-order valence-electron chi connectivity index (χ4n) is 1.94. The van der Waals surface area contributed by atoms with Gasteiger partial charge in [-0.2, -0.15) is 13.2 Å². The van der Waals surface area contributed by atoms with Crippen LogP contribution in [0.25, 0.3) is 0 Å². The van der Waals surface area contributed by atoms with Gasteiger partial charge in [0.1, 0.15) is 5.01 Å². The van der Waals surface area contributed by atoms with Crippen molar-refractivity contribution in [3.05, 3.63) is 45.9 Å². The van der Waals surface area contributed by atoms with Crippen molar-refractivity contribution in [3.8, 4) is 0 Å². The average molecular weight is 534 g/mol. The van der Waals surface area contributed by atoms with Gasteiger partial charge in [0, 0.05) is 25.2 Å². The van der Waals surface area contributed by atoms with Crippen LogP contribution < -0.4 is 10.6 Å². The molecule has 0 saturated carbocycles. The number of rotatable bonds is 5. The van der Waals surface area contributed by atoms with Gasteiger partial charge in [0.25, 0.3) is 0 Å². The first-order valence-corrected chi connectivity index (χ1v) is 10.1. The van der Waals surface area contributed by atoms with Gasteiger partial charge >= 0.3 is 6.18 Å². The van der Waals surface area contributed by atoms with Crippen LogP contribution in [0.15, 0.2) is 39.5 Å². The van der Waals surface area contributed by atoms with E-state index in [1.165, 1.54) is 19.2 Å². The molecule has 0 fully saturated rings. The fourth-order valence-corrected chi connectivity index (χ4v) is 3.31. The molecule has 2 aromatic rings. The zero-order valence-corrected chi connectivity index (χ0v) is 18.3. The molecular weight excluding hydrogens is 516 g/mol. The first kappa shape index (κ1) is 23.6. The summed E-state index contributed by atoms with van der Waals surface area (Å²) in [5, 5.41) is 7.13. The lowest BCUT2D eigenvalue weighted by Gasteiger charge is -2.11. The van der Waals surface area contributed by atoms with Gasteiger partial charge in [-0.25, -0.2) is 13.4 Å². The lowest BCUT2D eigenvalue weighted by molar-refractivity contribution is -0.140. The molecule has 0 unspecified atom stereocenters. The molecule has 1 heterocycles. The molecule has 6 nitrogen and oxygen atoms in total. The van der Waals surface area contributed by atoms with Gasteiger partial charge in [-0.3, -0.25) is 4.99 Å². The number of benzene rings is 1. The largest absolute Gasteiger partial charge is 0.434 e. The normalized spacial score (nSPS) is 12.4. The number of thiazole rings is 1. The van der Waals surface area contributed by atoms with Crippen LogP contribution in [0.4, 0.5) is 13.2 Å². The maximum absolute atomic E-state index is 12.5. The SMILES string of the molecule is CN=C(NCc1ccc(S(C)(=O)=O)cc1)NCc1nc(C(F)(F)F)cs1.I. The third-order valence-corrected chi connectivity index (χ3v) is 5.26. The Morgan fingerprint density at radius 3 is 2.26 bits per heavy atom. The molecule has 150 valence electrons. The summed E-state index contributed by atoms with van der Waals surface area (Å²) in [5.74, 6) is 0.390. The second kappa shape index (κ2) is 9.68. The lowest BCUT2D eigenvalue weighted by atomic mass is 10.2. The van der Waals surface area contributed by atoms with Crippen LogP contribution in [0, 0.1) is 0 Å². The zero-order valence-electron chi connectivity index (χ0n) is 14.4. The van der Waals surface area contributed by atoms with E-state index in [4.69, 9.17) is 0 Å². The highest BCUT2D eigenvalue weighted by Gasteiger charge is 2.33. The molecule has 2 rings (SSSR count). The number of hydrogen-bond donors (Lipinski definition) is 2. The van der Waals surface area contributed by atoms with Crippen molar-refractivity contribution in [2.24, 2.45) is 4.99 Å². The highest BCUT2D eigenvalue weighted by molar-refractivity contribution is 14.0. The topological polar surface area (TPSA) is 83.5 Å². The first-order valence-electron chi connectivity index (χ1n) is 7.34. The molecule has 0 bridgehead atoms. The number of halogens is 4. The molecule has 0 aliphatic carbocycles. The zero-order chi connectivity index (χ0) is 19.4. The van der Waals surface area contributed by atoms with E-state index in [0.29, 0.717) is 12.5 Å². The van der Waals surface area contributed by atoms with Gasteiger partial charge in [0.05, 0.1) is 11.4 Å². The van der Waals surface area contributed by atoms with E-state index in [0.717, 1.165) is 28.5 Å². The number of nitrogens with one attached hydrogen (secondary N) is 2. The summed E-state index contributed by atoms with van der Waals surface area (Å²) in [7, 11) is -1.71. The number of sulfone groups is 1. The van der Waals surface area contributed by atoms with Crippen molar-refractivity contribution in [2.45, 2.75) is 24.2 Å². The maximum atomic E-state index is 12.5. The van der Waals surface area contributed by atoms with Crippen LogP contribution in [0.2, 0.25) is 0 Å². The molecule has 0 aliphatic rings. The number of hydrogen-bond acceptors (Lipinski definition) is 5. The Morgan fingerprint density at radius 2 is 1.78 bits per heavy atom. The molecule has 0 radical (unpaired) electrons. The second-order valence-corrected chi connectivity index (χ2v) is 8.28. The molecule has 1 aromatic carbocycles. The second-order valence-electron chi connectivity index (χ2n) is 5.32. The van der Waals surface area contributed by atoms with Crippen molar-refractivity contribution in [3.63, 3.8) is 0 Å². The highest BCUT2D eigenvalue weighted by atomic mass is 127. The minimum absolute atomic E-state index is 0. The predicted molar refractivity (Wildman–Crippen MR) is 109 cm³/mol. The van der Waals surface area contributed by atoms with E-state index in [1.807, 2.05) is 0 Å². The molecule has 0 saturated heterocycles. The van der Waals surface area contributed by atoms with E-state index in [-0.39, 0.29) is 40.4 Å². The number of guanidine groups is 1. The Morgan fingerprint density at radius 1 is 1.19 bits per heavy atom. The number of alkyl halides is 3. The summed E-state index contributed by atoms with van der Waals surface area (Å²) in [4.78, 5) is 7.74. The number of aliphatic imine (C=N–C) groups is 1. The molecule has 2 N–H and O–H groups in total. The quantitative estimate of drug-likeness (QED) is 0.350. The number of nitrogens with zero attached hydrogens (tertiary/aromatic N) is 2. The van der Waals surface area contributed by atoms with Crippen LogP contribution in [0.5, 0.6) is 0 Å². The minimum Gasteiger partial charge on any atom is -0.352 e. The lowest BCUT2D eigenvalue weighted by Crippen LogP contribution is -2.36. The van der Waals surface area contributed by atoms with Crippen LogP contribution in [-0.4, -0.2) is 32.7 Å². The molecule has 12 heteroatoms. The van der Waals surface area contributed by atoms with Crippen molar-refractivity contribution >= 4 is 51.1 Å². The summed E-state index contributed by atoms with van der Waals surface area (Å²) in [6.07, 6.45) is -3.32. The monoisotopic (exact) mass is 534 g/mol. The van der Waals surface area contributed by atoms with Gasteiger partial charge in [0.2, 0.25) is 0 Å². The van der Waals surface area contributed by atoms with Crippen molar-refractivity contribution in [1.29, 1.82) is 0 Å². The minimum atomic E-state index is -4.45. The third kappa shape index (κ3) is 7.25. The first-order chi connectivity index (χ1) is 12.1. The van der Waals surface area contributed by atoms with Crippen molar-refractivity contribution < 1.29 is 21.6 Å². The summed E-state index contributed by atoms with van der Waals surface area (Å²) in [6.45, 7) is 0.475. The molecule has 0 spiro atoms. The Kier molecular flexibility index (Phi) is 8.48. The van der Waals surface area contributed by atoms with Crippen LogP contribution >= 0.6 is 35.3 Å². The summed E-state index contributed by atoms with van der Waals surface area (Å²) in [6, 6.07) is 6.37. The van der Waals surface area contributed by atoms with Crippen LogP contribution in [0.1, 0.15) is 16.3 Å². The molecule has 0 aliphatic heterocycles. The Bertz CT molecular complexity index is 881. The average Bonchev–Trinajstić information content (AvgIpc) is 3.04. The van der Waals surface area contributed by atoms with Crippen LogP contribution in [0.3, 0.4) is 0 Å². The Balaban J connectivity index is 0.00000364. The van der Waals surface area contributed by atoms with E-state index < -0.39 is 21.7 Å². The van der Waals surface area contributed by atoms with Gasteiger partial charge < -0.3 is 10.6 Å². The summed E-state index contributed by atoms with van der Waals surface area (Å²) in [5.41, 5.74) is -0.0813. The highest BCUT2D eigenvalue weighted by Crippen LogP contribution is 2.29. The van der Waals surface area contributed by atoms with Crippen molar-refractivity contribution in [1.82, 2.24) is 15.6 Å². The molecule has 0 atom stereocenters. The van der Waals surface area contributed by atoms with E-state index >= 15 is 0 Å². The Labute approximate surface area is 176 Å². The maximum Gasteiger partial charge on any atom is 0.434 e.